The minimum absolute atomic E-state index is 0.152. The van der Waals surface area contributed by atoms with E-state index in [-0.39, 0.29) is 24.8 Å². The molecule has 8 heteroatoms. The summed E-state index contributed by atoms with van der Waals surface area (Å²) in [5, 5.41) is 7.44. The molecule has 1 saturated heterocycles. The molecule has 3 N–H and O–H groups in total. The molecule has 2 aromatic rings. The number of hydrogen-bond donors (Lipinski definition) is 3. The fraction of sp³-hybridized carbons (Fsp3) is 0.286. The Labute approximate surface area is 168 Å². The van der Waals surface area contributed by atoms with Crippen LogP contribution in [-0.2, 0) is 31.1 Å². The van der Waals surface area contributed by atoms with E-state index in [0.717, 1.165) is 5.56 Å². The second-order valence-corrected chi connectivity index (χ2v) is 6.85. The summed E-state index contributed by atoms with van der Waals surface area (Å²) in [4.78, 5) is 52.0. The van der Waals surface area contributed by atoms with Gasteiger partial charge in [-0.3, -0.25) is 29.5 Å². The number of piperidine rings is 1. The number of pyridine rings is 1. The number of amides is 4. The maximum atomic E-state index is 12.4. The molecule has 150 valence electrons. The number of imide groups is 1. The fourth-order valence-electron chi connectivity index (χ4n) is 3.38. The van der Waals surface area contributed by atoms with Crippen LogP contribution in [0.1, 0.15) is 37.4 Å². The first-order valence-electron chi connectivity index (χ1n) is 9.38. The first kappa shape index (κ1) is 20.2. The molecule has 29 heavy (non-hydrogen) atoms. The maximum absolute atomic E-state index is 12.4. The molecule has 1 aliphatic rings. The highest BCUT2D eigenvalue weighted by atomic mass is 16.2. The van der Waals surface area contributed by atoms with E-state index in [2.05, 4.69) is 20.9 Å². The summed E-state index contributed by atoms with van der Waals surface area (Å²) in [6, 6.07) is 12.1. The number of carbonyl (C=O) groups is 4. The van der Waals surface area contributed by atoms with Crippen molar-refractivity contribution in [1.29, 1.82) is 0 Å². The van der Waals surface area contributed by atoms with Gasteiger partial charge in [0.1, 0.15) is 0 Å². The van der Waals surface area contributed by atoms with Crippen molar-refractivity contribution in [1.82, 2.24) is 15.6 Å². The predicted molar refractivity (Wildman–Crippen MR) is 106 cm³/mol. The Balaban J connectivity index is 1.62. The summed E-state index contributed by atoms with van der Waals surface area (Å²) in [7, 11) is 0. The van der Waals surface area contributed by atoms with Crippen molar-refractivity contribution in [2.45, 2.75) is 38.1 Å². The van der Waals surface area contributed by atoms with E-state index in [1.54, 1.807) is 48.7 Å². The third kappa shape index (κ3) is 4.48. The molecule has 1 aromatic carbocycles. The highest BCUT2D eigenvalue weighted by Crippen LogP contribution is 2.36. The van der Waals surface area contributed by atoms with Gasteiger partial charge in [-0.1, -0.05) is 25.1 Å². The lowest BCUT2D eigenvalue weighted by Crippen LogP contribution is -2.51. The van der Waals surface area contributed by atoms with E-state index in [9.17, 15) is 19.2 Å². The molecule has 0 aliphatic carbocycles. The van der Waals surface area contributed by atoms with Crippen molar-refractivity contribution in [2.24, 2.45) is 0 Å². The molecule has 2 heterocycles. The first-order chi connectivity index (χ1) is 13.9. The topological polar surface area (TPSA) is 117 Å². The number of hydrogen-bond acceptors (Lipinski definition) is 5. The molecule has 0 radical (unpaired) electrons. The molecule has 0 spiro atoms. The number of rotatable bonds is 5. The number of aromatic nitrogens is 1. The van der Waals surface area contributed by atoms with Gasteiger partial charge in [0.2, 0.25) is 11.8 Å². The quantitative estimate of drug-likeness (QED) is 0.524. The largest absolute Gasteiger partial charge is 0.342 e. The Kier molecular flexibility index (Phi) is 6.01. The standard InChI is InChI=1S/C21H22N4O4/c1-2-21(11-10-17(26)25-20(21)29)14-6-8-15(9-7-14)24-19(28)18(27)23-13-16-5-3-4-12-22-16/h3-9,12H,2,10-11,13H2,1H3,(H,23,27)(H,24,28)(H,25,26,29)/t21-/m1/s1. The van der Waals surface area contributed by atoms with Gasteiger partial charge in [0, 0.05) is 18.3 Å². The van der Waals surface area contributed by atoms with Gasteiger partial charge in [-0.05, 0) is 42.7 Å². The molecule has 3 rings (SSSR count). The van der Waals surface area contributed by atoms with Crippen molar-refractivity contribution >= 4 is 29.3 Å². The lowest BCUT2D eigenvalue weighted by Gasteiger charge is -2.35. The van der Waals surface area contributed by atoms with Crippen LogP contribution in [0.5, 0.6) is 0 Å². The van der Waals surface area contributed by atoms with Crippen molar-refractivity contribution in [3.8, 4) is 0 Å². The molecule has 1 aliphatic heterocycles. The fourth-order valence-corrected chi connectivity index (χ4v) is 3.38. The molecule has 1 aromatic heterocycles. The molecule has 1 atom stereocenters. The summed E-state index contributed by atoms with van der Waals surface area (Å²) in [5.41, 5.74) is 1.08. The molecular formula is C21H22N4O4. The van der Waals surface area contributed by atoms with E-state index in [1.165, 1.54) is 0 Å². The minimum Gasteiger partial charge on any atom is -0.342 e. The lowest BCUT2D eigenvalue weighted by atomic mass is 9.72. The second kappa shape index (κ2) is 8.64. The van der Waals surface area contributed by atoms with E-state index < -0.39 is 17.2 Å². The van der Waals surface area contributed by atoms with Gasteiger partial charge in [-0.2, -0.15) is 0 Å². The van der Waals surface area contributed by atoms with Crippen LogP contribution in [0.2, 0.25) is 0 Å². The van der Waals surface area contributed by atoms with Crippen molar-refractivity contribution in [3.63, 3.8) is 0 Å². The second-order valence-electron chi connectivity index (χ2n) is 6.85. The number of nitrogens with zero attached hydrogens (tertiary/aromatic N) is 1. The van der Waals surface area contributed by atoms with Gasteiger partial charge < -0.3 is 10.6 Å². The Morgan fingerprint density at radius 1 is 1.10 bits per heavy atom. The highest BCUT2D eigenvalue weighted by molar-refractivity contribution is 6.39. The number of carbonyl (C=O) groups excluding carboxylic acids is 4. The Morgan fingerprint density at radius 2 is 1.86 bits per heavy atom. The molecule has 8 nitrogen and oxygen atoms in total. The smallest absolute Gasteiger partial charge is 0.313 e. The molecule has 4 amide bonds. The average molecular weight is 394 g/mol. The Morgan fingerprint density at radius 3 is 2.48 bits per heavy atom. The van der Waals surface area contributed by atoms with Gasteiger partial charge >= 0.3 is 11.8 Å². The maximum Gasteiger partial charge on any atom is 0.313 e. The predicted octanol–water partition coefficient (Wildman–Crippen LogP) is 1.42. The zero-order chi connectivity index (χ0) is 20.9. The van der Waals surface area contributed by atoms with E-state index in [4.69, 9.17) is 0 Å². The average Bonchev–Trinajstić information content (AvgIpc) is 2.74. The number of anilines is 1. The number of nitrogens with one attached hydrogen (secondary N) is 3. The van der Waals surface area contributed by atoms with E-state index >= 15 is 0 Å². The summed E-state index contributed by atoms with van der Waals surface area (Å²) >= 11 is 0. The van der Waals surface area contributed by atoms with Crippen molar-refractivity contribution in [3.05, 3.63) is 59.9 Å². The van der Waals surface area contributed by atoms with Crippen LogP contribution in [0.15, 0.2) is 48.7 Å². The summed E-state index contributed by atoms with van der Waals surface area (Å²) < 4.78 is 0. The van der Waals surface area contributed by atoms with E-state index in [0.29, 0.717) is 24.2 Å². The van der Waals surface area contributed by atoms with Gasteiger partial charge in [-0.15, -0.1) is 0 Å². The van der Waals surface area contributed by atoms with Gasteiger partial charge in [0.25, 0.3) is 0 Å². The SMILES string of the molecule is CC[C@]1(c2ccc(NC(=O)C(=O)NCc3ccccn3)cc2)CCC(=O)NC1=O. The zero-order valence-electron chi connectivity index (χ0n) is 16.0. The van der Waals surface area contributed by atoms with Gasteiger partial charge in [-0.25, -0.2) is 0 Å². The minimum atomic E-state index is -0.792. The lowest BCUT2D eigenvalue weighted by molar-refractivity contribution is -0.138. The van der Waals surface area contributed by atoms with Crippen molar-refractivity contribution < 1.29 is 19.2 Å². The molecule has 0 unspecified atom stereocenters. The molecule has 0 saturated carbocycles. The Bertz CT molecular complexity index is 927. The van der Waals surface area contributed by atoms with Crippen LogP contribution in [0.3, 0.4) is 0 Å². The number of benzene rings is 1. The van der Waals surface area contributed by atoms with Crippen LogP contribution < -0.4 is 16.0 Å². The van der Waals surface area contributed by atoms with E-state index in [1.807, 2.05) is 6.92 Å². The highest BCUT2D eigenvalue weighted by Gasteiger charge is 2.42. The van der Waals surface area contributed by atoms with Gasteiger partial charge in [0.05, 0.1) is 17.7 Å². The molecular weight excluding hydrogens is 372 g/mol. The molecule has 0 bridgehead atoms. The molecule has 1 fully saturated rings. The van der Waals surface area contributed by atoms with Crippen molar-refractivity contribution in [2.75, 3.05) is 5.32 Å². The first-order valence-corrected chi connectivity index (χ1v) is 9.38. The third-order valence-corrected chi connectivity index (χ3v) is 5.13. The monoisotopic (exact) mass is 394 g/mol. The third-order valence-electron chi connectivity index (χ3n) is 5.13. The normalized spacial score (nSPS) is 18.7. The van der Waals surface area contributed by atoms with Crippen LogP contribution in [0.25, 0.3) is 0 Å². The van der Waals surface area contributed by atoms with Crippen LogP contribution >= 0.6 is 0 Å². The van der Waals surface area contributed by atoms with Crippen LogP contribution in [0.4, 0.5) is 5.69 Å². The zero-order valence-corrected chi connectivity index (χ0v) is 16.0. The Hall–Kier alpha value is -3.55. The van der Waals surface area contributed by atoms with Gasteiger partial charge in [0.15, 0.2) is 0 Å². The summed E-state index contributed by atoms with van der Waals surface area (Å²) in [6.07, 6.45) is 2.88. The van der Waals surface area contributed by atoms with Crippen LogP contribution in [0, 0.1) is 0 Å². The summed E-state index contributed by atoms with van der Waals surface area (Å²) in [6.45, 7) is 2.05. The summed E-state index contributed by atoms with van der Waals surface area (Å²) in [5.74, 6) is -2.13. The van der Waals surface area contributed by atoms with Crippen LogP contribution in [-0.4, -0.2) is 28.6 Å².